The van der Waals surface area contributed by atoms with Crippen molar-refractivity contribution >= 4 is 18.0 Å². The second kappa shape index (κ2) is 9.78. The third kappa shape index (κ3) is 4.78. The zero-order chi connectivity index (χ0) is 24.2. The summed E-state index contributed by atoms with van der Waals surface area (Å²) in [7, 11) is 1.65. The SMILES string of the molecule is C[C@H](CC(=O)O)NC(=O)C(NC(=O)OCC1c2ccccc2-c2ccccc21)c1ccnn1C. The van der Waals surface area contributed by atoms with E-state index in [-0.39, 0.29) is 18.9 Å². The number of hydrogen-bond acceptors (Lipinski definition) is 5. The van der Waals surface area contributed by atoms with Crippen molar-refractivity contribution in [1.29, 1.82) is 0 Å². The number of carbonyl (C=O) groups excluding carboxylic acids is 2. The minimum absolute atomic E-state index is 0.106. The van der Waals surface area contributed by atoms with Gasteiger partial charge in [-0.1, -0.05) is 48.5 Å². The Balaban J connectivity index is 1.47. The monoisotopic (exact) mass is 462 g/mol. The van der Waals surface area contributed by atoms with Crippen LogP contribution in [0.2, 0.25) is 0 Å². The number of rotatable bonds is 8. The van der Waals surface area contributed by atoms with E-state index < -0.39 is 30.1 Å². The molecule has 2 atom stereocenters. The van der Waals surface area contributed by atoms with Gasteiger partial charge in [-0.05, 0) is 35.2 Å². The number of benzene rings is 2. The normalized spacial score (nSPS) is 13.9. The maximum absolute atomic E-state index is 12.9. The highest BCUT2D eigenvalue weighted by Crippen LogP contribution is 2.44. The highest BCUT2D eigenvalue weighted by Gasteiger charge is 2.31. The average molecular weight is 463 g/mol. The molecule has 4 rings (SSSR count). The largest absolute Gasteiger partial charge is 0.481 e. The minimum Gasteiger partial charge on any atom is -0.481 e. The molecule has 0 saturated heterocycles. The van der Waals surface area contributed by atoms with Crippen molar-refractivity contribution in [2.75, 3.05) is 6.61 Å². The molecule has 9 nitrogen and oxygen atoms in total. The van der Waals surface area contributed by atoms with Crippen molar-refractivity contribution in [3.63, 3.8) is 0 Å². The van der Waals surface area contributed by atoms with Crippen LogP contribution in [0.3, 0.4) is 0 Å². The van der Waals surface area contributed by atoms with Crippen LogP contribution in [0.1, 0.15) is 42.1 Å². The fourth-order valence-electron chi connectivity index (χ4n) is 4.34. The van der Waals surface area contributed by atoms with Gasteiger partial charge in [0.15, 0.2) is 6.04 Å². The number of hydrogen-bond donors (Lipinski definition) is 3. The van der Waals surface area contributed by atoms with Gasteiger partial charge >= 0.3 is 12.1 Å². The third-order valence-corrected chi connectivity index (χ3v) is 5.89. The third-order valence-electron chi connectivity index (χ3n) is 5.89. The Morgan fingerprint density at radius 3 is 2.21 bits per heavy atom. The number of fused-ring (bicyclic) bond motifs is 3. The van der Waals surface area contributed by atoms with Gasteiger partial charge in [0.2, 0.25) is 5.91 Å². The molecule has 1 aliphatic rings. The molecule has 0 bridgehead atoms. The highest BCUT2D eigenvalue weighted by atomic mass is 16.5. The molecule has 1 aromatic heterocycles. The number of nitrogens with one attached hydrogen (secondary N) is 2. The Morgan fingerprint density at radius 2 is 1.65 bits per heavy atom. The summed E-state index contributed by atoms with van der Waals surface area (Å²) >= 11 is 0. The van der Waals surface area contributed by atoms with E-state index in [0.29, 0.717) is 5.69 Å². The zero-order valence-corrected chi connectivity index (χ0v) is 18.9. The summed E-state index contributed by atoms with van der Waals surface area (Å²) in [5.41, 5.74) is 4.84. The second-order valence-corrected chi connectivity index (χ2v) is 8.29. The number of carbonyl (C=O) groups is 3. The fraction of sp³-hybridized carbons (Fsp3) is 0.280. The highest BCUT2D eigenvalue weighted by molar-refractivity contribution is 5.87. The Bertz CT molecular complexity index is 1180. The van der Waals surface area contributed by atoms with Crippen LogP contribution >= 0.6 is 0 Å². The maximum atomic E-state index is 12.9. The summed E-state index contributed by atoms with van der Waals surface area (Å²) in [5, 5.41) is 18.3. The van der Waals surface area contributed by atoms with Crippen LogP contribution in [-0.4, -0.2) is 45.5 Å². The van der Waals surface area contributed by atoms with Crippen molar-refractivity contribution in [2.24, 2.45) is 7.05 Å². The quantitative estimate of drug-likeness (QED) is 0.473. The van der Waals surface area contributed by atoms with Crippen LogP contribution in [0.4, 0.5) is 4.79 Å². The maximum Gasteiger partial charge on any atom is 0.408 e. The molecule has 3 aromatic rings. The van der Waals surface area contributed by atoms with Crippen molar-refractivity contribution in [3.8, 4) is 11.1 Å². The predicted octanol–water partition coefficient (Wildman–Crippen LogP) is 2.98. The van der Waals surface area contributed by atoms with Crippen LogP contribution in [-0.2, 0) is 21.4 Å². The summed E-state index contributed by atoms with van der Waals surface area (Å²) in [6.45, 7) is 1.69. The van der Waals surface area contributed by atoms with Gasteiger partial charge < -0.3 is 20.5 Å². The molecule has 2 aromatic carbocycles. The molecule has 9 heteroatoms. The summed E-state index contributed by atoms with van der Waals surface area (Å²) < 4.78 is 7.04. The van der Waals surface area contributed by atoms with E-state index in [1.165, 1.54) is 10.9 Å². The van der Waals surface area contributed by atoms with E-state index in [1.807, 2.05) is 36.4 Å². The average Bonchev–Trinajstić information content (AvgIpc) is 3.36. The molecule has 0 spiro atoms. The van der Waals surface area contributed by atoms with Gasteiger partial charge in [0, 0.05) is 25.2 Å². The number of amides is 2. The van der Waals surface area contributed by atoms with Gasteiger partial charge in [-0.3, -0.25) is 14.3 Å². The van der Waals surface area contributed by atoms with Crippen molar-refractivity contribution in [1.82, 2.24) is 20.4 Å². The first-order chi connectivity index (χ1) is 16.3. The van der Waals surface area contributed by atoms with Crippen LogP contribution < -0.4 is 10.6 Å². The van der Waals surface area contributed by atoms with Crippen LogP contribution in [0.5, 0.6) is 0 Å². The van der Waals surface area contributed by atoms with Crippen molar-refractivity contribution in [3.05, 3.63) is 77.6 Å². The number of ether oxygens (including phenoxy) is 1. The zero-order valence-electron chi connectivity index (χ0n) is 18.9. The molecule has 0 radical (unpaired) electrons. The van der Waals surface area contributed by atoms with Crippen LogP contribution in [0, 0.1) is 0 Å². The summed E-state index contributed by atoms with van der Waals surface area (Å²) in [6.07, 6.45) is 0.513. The van der Waals surface area contributed by atoms with E-state index in [4.69, 9.17) is 9.84 Å². The first kappa shape index (κ1) is 23.0. The standard InChI is InChI=1S/C25H26N4O5/c1-15(13-22(30)31)27-24(32)23(21-11-12-26-29(21)2)28-25(33)34-14-20-18-9-5-3-7-16(18)17-8-4-6-10-19(17)20/h3-12,15,20,23H,13-14H2,1-2H3,(H,27,32)(H,28,33)(H,30,31)/t15-,23?/m1/s1. The lowest BCUT2D eigenvalue weighted by Crippen LogP contribution is -2.45. The molecular weight excluding hydrogens is 436 g/mol. The molecule has 0 saturated carbocycles. The number of aryl methyl sites for hydroxylation is 1. The first-order valence-corrected chi connectivity index (χ1v) is 11.0. The van der Waals surface area contributed by atoms with Gasteiger partial charge in [0.25, 0.3) is 0 Å². The number of carboxylic acids is 1. The topological polar surface area (TPSA) is 123 Å². The molecule has 2 amide bonds. The number of alkyl carbamates (subject to hydrolysis) is 1. The van der Waals surface area contributed by atoms with Gasteiger partial charge in [-0.15, -0.1) is 0 Å². The number of nitrogens with zero attached hydrogens (tertiary/aromatic N) is 2. The molecule has 176 valence electrons. The summed E-state index contributed by atoms with van der Waals surface area (Å²) in [4.78, 5) is 36.6. The molecule has 1 aliphatic carbocycles. The summed E-state index contributed by atoms with van der Waals surface area (Å²) in [6, 6.07) is 15.9. The van der Waals surface area contributed by atoms with E-state index >= 15 is 0 Å². The van der Waals surface area contributed by atoms with Gasteiger partial charge in [-0.2, -0.15) is 5.10 Å². The van der Waals surface area contributed by atoms with Crippen LogP contribution in [0.15, 0.2) is 60.8 Å². The fourth-order valence-corrected chi connectivity index (χ4v) is 4.34. The van der Waals surface area contributed by atoms with E-state index in [9.17, 15) is 14.4 Å². The predicted molar refractivity (Wildman–Crippen MR) is 124 cm³/mol. The van der Waals surface area contributed by atoms with E-state index in [1.54, 1.807) is 20.0 Å². The van der Waals surface area contributed by atoms with E-state index in [2.05, 4.69) is 27.9 Å². The number of aromatic nitrogens is 2. The molecular formula is C25H26N4O5. The Labute approximate surface area is 196 Å². The lowest BCUT2D eigenvalue weighted by Gasteiger charge is -2.21. The lowest BCUT2D eigenvalue weighted by atomic mass is 9.98. The molecule has 3 N–H and O–H groups in total. The smallest absolute Gasteiger partial charge is 0.408 e. The molecule has 0 fully saturated rings. The molecule has 1 unspecified atom stereocenters. The van der Waals surface area contributed by atoms with Crippen molar-refractivity contribution in [2.45, 2.75) is 31.3 Å². The van der Waals surface area contributed by atoms with Gasteiger partial charge in [-0.25, -0.2) is 4.79 Å². The molecule has 1 heterocycles. The first-order valence-electron chi connectivity index (χ1n) is 11.0. The van der Waals surface area contributed by atoms with Crippen LogP contribution in [0.25, 0.3) is 11.1 Å². The Hall–Kier alpha value is -4.14. The molecule has 34 heavy (non-hydrogen) atoms. The van der Waals surface area contributed by atoms with Gasteiger partial charge in [0.05, 0.1) is 12.1 Å². The Morgan fingerprint density at radius 1 is 1.03 bits per heavy atom. The summed E-state index contributed by atoms with van der Waals surface area (Å²) in [5.74, 6) is -1.70. The minimum atomic E-state index is -1.10. The Kier molecular flexibility index (Phi) is 6.62. The van der Waals surface area contributed by atoms with Crippen molar-refractivity contribution < 1.29 is 24.2 Å². The number of aliphatic carboxylic acids is 1. The lowest BCUT2D eigenvalue weighted by molar-refractivity contribution is -0.137. The molecule has 0 aliphatic heterocycles. The second-order valence-electron chi connectivity index (χ2n) is 8.29. The van der Waals surface area contributed by atoms with E-state index in [0.717, 1.165) is 22.3 Å². The van der Waals surface area contributed by atoms with Gasteiger partial charge in [0.1, 0.15) is 6.61 Å². The number of carboxylic acid groups (broad SMARTS) is 1.